The van der Waals surface area contributed by atoms with Gasteiger partial charge in [0.15, 0.2) is 9.84 Å². The molecule has 23 heavy (non-hydrogen) atoms. The molecule has 0 bridgehead atoms. The highest BCUT2D eigenvalue weighted by Crippen LogP contribution is 2.21. The van der Waals surface area contributed by atoms with Crippen molar-refractivity contribution >= 4 is 15.7 Å². The van der Waals surface area contributed by atoms with E-state index in [1.165, 1.54) is 5.56 Å². The number of sulfone groups is 1. The molecule has 2 rings (SSSR count). The summed E-state index contributed by atoms with van der Waals surface area (Å²) in [7, 11) is -3.20. The number of aryl methyl sites for hydroxylation is 1. The predicted molar refractivity (Wildman–Crippen MR) is 91.8 cm³/mol. The lowest BCUT2D eigenvalue weighted by atomic mass is 10.0. The number of amides is 1. The summed E-state index contributed by atoms with van der Waals surface area (Å²) < 4.78 is 23.9. The van der Waals surface area contributed by atoms with Crippen molar-refractivity contribution in [3.05, 3.63) is 35.9 Å². The summed E-state index contributed by atoms with van der Waals surface area (Å²) >= 11 is 0. The highest BCUT2D eigenvalue weighted by molar-refractivity contribution is 7.91. The van der Waals surface area contributed by atoms with Gasteiger partial charge in [-0.1, -0.05) is 30.3 Å². The van der Waals surface area contributed by atoms with Gasteiger partial charge >= 0.3 is 0 Å². The van der Waals surface area contributed by atoms with Crippen LogP contribution in [0.5, 0.6) is 0 Å². The van der Waals surface area contributed by atoms with Gasteiger partial charge in [0.1, 0.15) is 0 Å². The van der Waals surface area contributed by atoms with Gasteiger partial charge in [-0.2, -0.15) is 0 Å². The van der Waals surface area contributed by atoms with Gasteiger partial charge in [0.2, 0.25) is 5.91 Å². The Balaban J connectivity index is 1.79. The predicted octanol–water partition coefficient (Wildman–Crippen LogP) is 1.37. The third-order valence-corrected chi connectivity index (χ3v) is 6.09. The second-order valence-electron chi connectivity index (χ2n) is 6.22. The summed E-state index contributed by atoms with van der Waals surface area (Å²) in [6.07, 6.45) is 4.26. The van der Waals surface area contributed by atoms with Crippen LogP contribution in [0.3, 0.4) is 0 Å². The summed E-state index contributed by atoms with van der Waals surface area (Å²) in [5.74, 6) is -0.581. The van der Waals surface area contributed by atoms with E-state index in [4.69, 9.17) is 5.73 Å². The van der Waals surface area contributed by atoms with Gasteiger partial charge in [0.25, 0.3) is 0 Å². The van der Waals surface area contributed by atoms with Crippen molar-refractivity contribution < 1.29 is 13.2 Å². The number of carbonyl (C=O) groups is 1. The summed E-state index contributed by atoms with van der Waals surface area (Å²) in [5, 5.41) is 0. The molecule has 1 unspecified atom stereocenters. The van der Waals surface area contributed by atoms with Crippen LogP contribution in [0.1, 0.15) is 31.2 Å². The number of nitrogens with zero attached hydrogens (tertiary/aromatic N) is 1. The Hall–Kier alpha value is -1.40. The van der Waals surface area contributed by atoms with E-state index in [9.17, 15) is 13.2 Å². The monoisotopic (exact) mass is 338 g/mol. The van der Waals surface area contributed by atoms with Gasteiger partial charge < -0.3 is 5.73 Å². The van der Waals surface area contributed by atoms with Crippen molar-refractivity contribution in [1.29, 1.82) is 0 Å². The Morgan fingerprint density at radius 1 is 1.22 bits per heavy atom. The van der Waals surface area contributed by atoms with Gasteiger partial charge in [-0.25, -0.2) is 8.42 Å². The van der Waals surface area contributed by atoms with Crippen LogP contribution in [0.4, 0.5) is 0 Å². The lowest BCUT2D eigenvalue weighted by Gasteiger charge is -2.24. The second kappa shape index (κ2) is 8.45. The zero-order valence-corrected chi connectivity index (χ0v) is 14.3. The van der Waals surface area contributed by atoms with Crippen LogP contribution in [-0.4, -0.2) is 49.9 Å². The smallest absolute Gasteiger partial charge is 0.218 e. The Morgan fingerprint density at radius 3 is 2.65 bits per heavy atom. The molecule has 1 saturated heterocycles. The first-order valence-electron chi connectivity index (χ1n) is 8.23. The van der Waals surface area contributed by atoms with Gasteiger partial charge in [-0.3, -0.25) is 9.69 Å². The lowest BCUT2D eigenvalue weighted by Crippen LogP contribution is -2.35. The largest absolute Gasteiger partial charge is 0.370 e. The molecule has 1 heterocycles. The molecular weight excluding hydrogens is 312 g/mol. The van der Waals surface area contributed by atoms with Crippen molar-refractivity contribution in [2.24, 2.45) is 5.73 Å². The van der Waals surface area contributed by atoms with Crippen LogP contribution in [0.25, 0.3) is 0 Å². The maximum Gasteiger partial charge on any atom is 0.218 e. The molecule has 2 N–H and O–H groups in total. The maximum absolute atomic E-state index is 11.9. The minimum absolute atomic E-state index is 0.0836. The fourth-order valence-electron chi connectivity index (χ4n) is 3.11. The normalized spacial score (nSPS) is 19.0. The van der Waals surface area contributed by atoms with Crippen molar-refractivity contribution in [3.8, 4) is 0 Å². The minimum Gasteiger partial charge on any atom is -0.370 e. The molecule has 1 aliphatic heterocycles. The quantitative estimate of drug-likeness (QED) is 0.737. The van der Waals surface area contributed by atoms with Crippen molar-refractivity contribution in [3.63, 3.8) is 0 Å². The van der Waals surface area contributed by atoms with Crippen molar-refractivity contribution in [2.45, 2.75) is 38.1 Å². The fraction of sp³-hybridized carbons (Fsp3) is 0.588. The molecule has 1 aliphatic rings. The van der Waals surface area contributed by atoms with Crippen molar-refractivity contribution in [2.75, 3.05) is 24.6 Å². The number of rotatable bonds is 9. The molecule has 0 aliphatic carbocycles. The first kappa shape index (κ1) is 17.9. The van der Waals surface area contributed by atoms with Crippen LogP contribution in [-0.2, 0) is 21.1 Å². The molecular formula is C17H26N2O3S. The molecule has 0 spiro atoms. The highest BCUT2D eigenvalue weighted by Gasteiger charge is 2.25. The summed E-state index contributed by atoms with van der Waals surface area (Å²) in [5.41, 5.74) is 6.35. The van der Waals surface area contributed by atoms with Crippen LogP contribution >= 0.6 is 0 Å². The molecule has 1 aromatic carbocycles. The van der Waals surface area contributed by atoms with E-state index in [0.29, 0.717) is 12.6 Å². The van der Waals surface area contributed by atoms with Gasteiger partial charge in [0.05, 0.1) is 11.5 Å². The number of carbonyl (C=O) groups excluding carboxylic acids is 1. The zero-order chi connectivity index (χ0) is 16.7. The SMILES string of the molecule is NC(=O)CCS(=O)(=O)CCN1CCCC1CCc1ccccc1. The van der Waals surface area contributed by atoms with Gasteiger partial charge in [-0.05, 0) is 37.8 Å². The number of hydrogen-bond donors (Lipinski definition) is 1. The molecule has 1 aromatic rings. The molecule has 1 fully saturated rings. The van der Waals surface area contributed by atoms with Crippen LogP contribution in [0.2, 0.25) is 0 Å². The van der Waals surface area contributed by atoms with Gasteiger partial charge in [0, 0.05) is 19.0 Å². The van der Waals surface area contributed by atoms with E-state index in [1.807, 2.05) is 18.2 Å². The zero-order valence-electron chi connectivity index (χ0n) is 13.5. The van der Waals surface area contributed by atoms with E-state index in [0.717, 1.165) is 32.2 Å². The third-order valence-electron chi connectivity index (χ3n) is 4.46. The standard InChI is InChI=1S/C17H26N2O3S/c18-17(20)10-13-23(21,22)14-12-19-11-4-7-16(19)9-8-15-5-2-1-3-6-15/h1-3,5-6,16H,4,7-14H2,(H2,18,20). The molecule has 0 radical (unpaired) electrons. The first-order chi connectivity index (χ1) is 11.0. The molecule has 0 saturated carbocycles. The molecule has 1 amide bonds. The Morgan fingerprint density at radius 2 is 1.96 bits per heavy atom. The lowest BCUT2D eigenvalue weighted by molar-refractivity contribution is -0.117. The fourth-order valence-corrected chi connectivity index (χ4v) is 4.34. The molecule has 0 aromatic heterocycles. The topological polar surface area (TPSA) is 80.5 Å². The number of nitrogens with two attached hydrogens (primary N) is 1. The number of hydrogen-bond acceptors (Lipinski definition) is 4. The Bertz CT molecular complexity index is 602. The second-order valence-corrected chi connectivity index (χ2v) is 8.53. The maximum atomic E-state index is 11.9. The first-order valence-corrected chi connectivity index (χ1v) is 10.0. The number of primary amides is 1. The summed E-state index contributed by atoms with van der Waals surface area (Å²) in [6, 6.07) is 10.8. The Labute approximate surface area is 138 Å². The molecule has 6 heteroatoms. The average molecular weight is 338 g/mol. The van der Waals surface area contributed by atoms with Crippen molar-refractivity contribution in [1.82, 2.24) is 4.90 Å². The summed E-state index contributed by atoms with van der Waals surface area (Å²) in [6.45, 7) is 1.52. The van der Waals surface area contributed by atoms with E-state index in [-0.39, 0.29) is 17.9 Å². The number of likely N-dealkylation sites (tertiary alicyclic amines) is 1. The van der Waals surface area contributed by atoms with E-state index >= 15 is 0 Å². The Kier molecular flexibility index (Phi) is 6.59. The van der Waals surface area contributed by atoms with E-state index < -0.39 is 15.7 Å². The highest BCUT2D eigenvalue weighted by atomic mass is 32.2. The van der Waals surface area contributed by atoms with E-state index in [1.54, 1.807) is 0 Å². The van der Waals surface area contributed by atoms with E-state index in [2.05, 4.69) is 17.0 Å². The number of benzene rings is 1. The summed E-state index contributed by atoms with van der Waals surface area (Å²) in [4.78, 5) is 13.0. The van der Waals surface area contributed by atoms with Crippen LogP contribution < -0.4 is 5.73 Å². The molecule has 1 atom stereocenters. The van der Waals surface area contributed by atoms with Gasteiger partial charge in [-0.15, -0.1) is 0 Å². The van der Waals surface area contributed by atoms with Crippen LogP contribution in [0.15, 0.2) is 30.3 Å². The minimum atomic E-state index is -3.20. The molecule has 128 valence electrons. The van der Waals surface area contributed by atoms with Crippen LogP contribution in [0, 0.1) is 0 Å². The third kappa shape index (κ3) is 6.31. The molecule has 5 nitrogen and oxygen atoms in total. The average Bonchev–Trinajstić information content (AvgIpc) is 2.98.